The lowest BCUT2D eigenvalue weighted by Gasteiger charge is -2.03. The summed E-state index contributed by atoms with van der Waals surface area (Å²) in [5.41, 5.74) is 4.26. The van der Waals surface area contributed by atoms with E-state index in [0.29, 0.717) is 11.4 Å². The maximum Gasteiger partial charge on any atom is 0.272 e. The number of nitrogens with zero attached hydrogens (tertiary/aromatic N) is 1. The molecule has 0 saturated carbocycles. The van der Waals surface area contributed by atoms with Gasteiger partial charge in [0.1, 0.15) is 10.7 Å². The molecule has 1 aromatic carbocycles. The number of hydrogen-bond acceptors (Lipinski definition) is 3. The molecule has 2 aromatic heterocycles. The molecule has 6 nitrogen and oxygen atoms in total. The summed E-state index contributed by atoms with van der Waals surface area (Å²) in [5, 5.41) is 0.370. The van der Waals surface area contributed by atoms with Crippen LogP contribution < -0.4 is 21.8 Å². The van der Waals surface area contributed by atoms with Gasteiger partial charge >= 0.3 is 0 Å². The molecule has 2 heterocycles. The molecule has 0 spiro atoms. The topological polar surface area (TPSA) is 94.4 Å². The van der Waals surface area contributed by atoms with Crippen LogP contribution in [0, 0.1) is 13.8 Å². The summed E-state index contributed by atoms with van der Waals surface area (Å²) in [6.07, 6.45) is 4.77. The Morgan fingerprint density at radius 3 is 2.19 bits per heavy atom. The van der Waals surface area contributed by atoms with E-state index in [4.69, 9.17) is 0 Å². The van der Waals surface area contributed by atoms with Gasteiger partial charge in [0, 0.05) is 0 Å². The minimum atomic E-state index is -0.385. The highest BCUT2D eigenvalue weighted by atomic mass is 16.1. The standard InChI is InChI=1S/C20H20N4O2/c1-11(2)18-15(21-10-22-18)9-17-20(26)23-16(19(25)24-17)8-14-12(3)6-5-7-13(14)4/h5-10H,1H2,2-4H3,(H,21,22)(H,23,26)(H,24,25)/b16-8-,17-9-. The number of allylic oxidation sites excluding steroid dienone is 1. The van der Waals surface area contributed by atoms with E-state index in [1.165, 1.54) is 6.33 Å². The van der Waals surface area contributed by atoms with E-state index in [9.17, 15) is 9.59 Å². The summed E-state index contributed by atoms with van der Waals surface area (Å²) >= 11 is 0. The second kappa shape index (κ2) is 6.84. The summed E-state index contributed by atoms with van der Waals surface area (Å²) in [5.74, 6) is 0. The van der Waals surface area contributed by atoms with Crippen molar-refractivity contribution in [2.24, 2.45) is 0 Å². The number of H-pyrrole nitrogens is 3. The minimum absolute atomic E-state index is 0.153. The van der Waals surface area contributed by atoms with Gasteiger partial charge in [0.2, 0.25) is 0 Å². The van der Waals surface area contributed by atoms with Crippen molar-refractivity contribution in [2.45, 2.75) is 20.8 Å². The zero-order valence-corrected chi connectivity index (χ0v) is 14.9. The molecule has 0 amide bonds. The smallest absolute Gasteiger partial charge is 0.272 e. The number of benzene rings is 1. The highest BCUT2D eigenvalue weighted by Crippen LogP contribution is 2.13. The van der Waals surface area contributed by atoms with Crippen LogP contribution in [0.4, 0.5) is 0 Å². The molecule has 26 heavy (non-hydrogen) atoms. The molecule has 3 rings (SSSR count). The van der Waals surface area contributed by atoms with Gasteiger partial charge in [-0.2, -0.15) is 0 Å². The first-order chi connectivity index (χ1) is 12.4. The third kappa shape index (κ3) is 3.35. The fraction of sp³-hybridized carbons (Fsp3) is 0.150. The number of aryl methyl sites for hydroxylation is 2. The van der Waals surface area contributed by atoms with Crippen LogP contribution in [0.15, 0.2) is 40.7 Å². The van der Waals surface area contributed by atoms with Crippen LogP contribution in [-0.4, -0.2) is 19.9 Å². The SMILES string of the molecule is C=C(C)c1nc[nH]c1/C=c1\[nH]c(=O)/c(=C/c2c(C)cccc2C)[nH]c1=O. The first-order valence-corrected chi connectivity index (χ1v) is 8.18. The maximum atomic E-state index is 12.4. The van der Waals surface area contributed by atoms with Crippen molar-refractivity contribution in [3.8, 4) is 0 Å². The predicted molar refractivity (Wildman–Crippen MR) is 103 cm³/mol. The van der Waals surface area contributed by atoms with Gasteiger partial charge in [-0.05, 0) is 55.2 Å². The maximum absolute atomic E-state index is 12.4. The number of aromatic nitrogens is 4. The molecule has 0 aliphatic heterocycles. The van der Waals surface area contributed by atoms with Crippen LogP contribution in [-0.2, 0) is 0 Å². The molecule has 0 aliphatic carbocycles. The average Bonchev–Trinajstić information content (AvgIpc) is 3.03. The van der Waals surface area contributed by atoms with Gasteiger partial charge in [0.05, 0.1) is 17.7 Å². The van der Waals surface area contributed by atoms with E-state index >= 15 is 0 Å². The van der Waals surface area contributed by atoms with Crippen molar-refractivity contribution >= 4 is 17.7 Å². The summed E-state index contributed by atoms with van der Waals surface area (Å²) in [6, 6.07) is 5.88. The van der Waals surface area contributed by atoms with Gasteiger partial charge in [0.15, 0.2) is 0 Å². The van der Waals surface area contributed by atoms with Gasteiger partial charge in [-0.15, -0.1) is 0 Å². The van der Waals surface area contributed by atoms with Crippen molar-refractivity contribution < 1.29 is 0 Å². The molecule has 0 fully saturated rings. The average molecular weight is 348 g/mol. The number of nitrogens with one attached hydrogen (secondary N) is 3. The van der Waals surface area contributed by atoms with Crippen molar-refractivity contribution in [2.75, 3.05) is 0 Å². The van der Waals surface area contributed by atoms with E-state index in [2.05, 4.69) is 26.5 Å². The van der Waals surface area contributed by atoms with Gasteiger partial charge in [-0.25, -0.2) is 4.98 Å². The second-order valence-corrected chi connectivity index (χ2v) is 6.27. The van der Waals surface area contributed by atoms with E-state index < -0.39 is 0 Å². The first-order valence-electron chi connectivity index (χ1n) is 8.18. The Bertz CT molecular complexity index is 1210. The Labute approximate surface area is 149 Å². The second-order valence-electron chi connectivity index (χ2n) is 6.27. The van der Waals surface area contributed by atoms with Crippen LogP contribution in [0.2, 0.25) is 0 Å². The molecule has 0 radical (unpaired) electrons. The summed E-state index contributed by atoms with van der Waals surface area (Å²) in [7, 11) is 0. The van der Waals surface area contributed by atoms with E-state index in [-0.39, 0.29) is 21.8 Å². The minimum Gasteiger partial charge on any atom is -0.345 e. The lowest BCUT2D eigenvalue weighted by atomic mass is 10.0. The Morgan fingerprint density at radius 1 is 1.04 bits per heavy atom. The molecular formula is C20H20N4O2. The van der Waals surface area contributed by atoms with Crippen LogP contribution in [0.1, 0.15) is 35.0 Å². The van der Waals surface area contributed by atoms with Gasteiger partial charge < -0.3 is 15.0 Å². The Hall–Kier alpha value is -3.41. The molecule has 0 saturated heterocycles. The fourth-order valence-electron chi connectivity index (χ4n) is 2.79. The Kier molecular flexibility index (Phi) is 4.58. The van der Waals surface area contributed by atoms with E-state index in [0.717, 1.165) is 22.3 Å². The number of aromatic amines is 3. The van der Waals surface area contributed by atoms with Crippen molar-refractivity contribution in [1.82, 2.24) is 19.9 Å². The predicted octanol–water partition coefficient (Wildman–Crippen LogP) is 1.09. The molecule has 3 N–H and O–H groups in total. The lowest BCUT2D eigenvalue weighted by Crippen LogP contribution is -2.46. The molecular weight excluding hydrogens is 328 g/mol. The number of hydrogen-bond donors (Lipinski definition) is 3. The summed E-state index contributed by atoms with van der Waals surface area (Å²) < 4.78 is 0. The Morgan fingerprint density at radius 2 is 1.62 bits per heavy atom. The lowest BCUT2D eigenvalue weighted by molar-refractivity contribution is 1.000. The van der Waals surface area contributed by atoms with Crippen LogP contribution in [0.3, 0.4) is 0 Å². The fourth-order valence-corrected chi connectivity index (χ4v) is 2.79. The zero-order chi connectivity index (χ0) is 18.8. The molecule has 6 heteroatoms. The molecule has 0 aliphatic rings. The van der Waals surface area contributed by atoms with Gasteiger partial charge in [-0.1, -0.05) is 24.8 Å². The normalized spacial score (nSPS) is 12.6. The highest BCUT2D eigenvalue weighted by molar-refractivity contribution is 5.66. The van der Waals surface area contributed by atoms with Crippen LogP contribution in [0.5, 0.6) is 0 Å². The largest absolute Gasteiger partial charge is 0.345 e. The number of imidazole rings is 1. The van der Waals surface area contributed by atoms with Gasteiger partial charge in [0.25, 0.3) is 11.1 Å². The van der Waals surface area contributed by atoms with E-state index in [1.807, 2.05) is 39.0 Å². The first kappa shape index (κ1) is 17.4. The molecule has 132 valence electrons. The molecule has 3 aromatic rings. The van der Waals surface area contributed by atoms with E-state index in [1.54, 1.807) is 12.2 Å². The van der Waals surface area contributed by atoms with Crippen LogP contribution >= 0.6 is 0 Å². The van der Waals surface area contributed by atoms with Crippen molar-refractivity contribution in [3.63, 3.8) is 0 Å². The third-order valence-electron chi connectivity index (χ3n) is 4.18. The number of rotatable bonds is 3. The molecule has 0 bridgehead atoms. The molecule has 0 atom stereocenters. The van der Waals surface area contributed by atoms with Crippen molar-refractivity contribution in [1.29, 1.82) is 0 Å². The zero-order valence-electron chi connectivity index (χ0n) is 14.9. The van der Waals surface area contributed by atoms with Crippen molar-refractivity contribution in [3.05, 3.63) is 90.6 Å². The quantitative estimate of drug-likeness (QED) is 0.661. The Balaban J connectivity index is 2.19. The highest BCUT2D eigenvalue weighted by Gasteiger charge is 2.05. The third-order valence-corrected chi connectivity index (χ3v) is 4.18. The van der Waals surface area contributed by atoms with Crippen LogP contribution in [0.25, 0.3) is 17.7 Å². The molecule has 0 unspecified atom stereocenters. The summed E-state index contributed by atoms with van der Waals surface area (Å²) in [6.45, 7) is 9.60. The summed E-state index contributed by atoms with van der Waals surface area (Å²) in [4.78, 5) is 37.3. The van der Waals surface area contributed by atoms with Gasteiger partial charge in [-0.3, -0.25) is 9.59 Å². The monoisotopic (exact) mass is 348 g/mol.